The highest BCUT2D eigenvalue weighted by molar-refractivity contribution is 7.27. The lowest BCUT2D eigenvalue weighted by Gasteiger charge is -2.16. The number of rotatable bonds is 4. The number of aryl methyl sites for hydroxylation is 1. The minimum Gasteiger partial charge on any atom is -0.493 e. The number of fused-ring (bicyclic) bond motifs is 1. The Labute approximate surface area is 118 Å². The predicted molar refractivity (Wildman–Crippen MR) is 78.6 cm³/mol. The van der Waals surface area contributed by atoms with Gasteiger partial charge in [0.1, 0.15) is 11.7 Å². The summed E-state index contributed by atoms with van der Waals surface area (Å²) < 4.78 is 9.70. The lowest BCUT2D eigenvalue weighted by Crippen LogP contribution is -2.30. The molecule has 0 amide bonds. The third-order valence-electron chi connectivity index (χ3n) is 3.05. The first kappa shape index (κ1) is 12.6. The Bertz CT molecular complexity index is 671. The predicted octanol–water partition coefficient (Wildman–Crippen LogP) is 2.26. The number of thiophene rings is 2. The Morgan fingerprint density at radius 1 is 1.47 bits per heavy atom. The number of ether oxygens (including phenoxy) is 1. The Kier molecular flexibility index (Phi) is 3.28. The van der Waals surface area contributed by atoms with E-state index in [0.29, 0.717) is 0 Å². The maximum atomic E-state index is 5.74. The zero-order valence-electron chi connectivity index (χ0n) is 10.6. The van der Waals surface area contributed by atoms with E-state index in [1.807, 2.05) is 7.05 Å². The van der Waals surface area contributed by atoms with E-state index in [1.165, 1.54) is 9.40 Å². The molecule has 5 nitrogen and oxygen atoms in total. The van der Waals surface area contributed by atoms with Crippen molar-refractivity contribution in [3.05, 3.63) is 34.3 Å². The highest BCUT2D eigenvalue weighted by Gasteiger charge is 2.23. The van der Waals surface area contributed by atoms with Gasteiger partial charge in [0.05, 0.1) is 13.3 Å². The molecular weight excluding hydrogens is 280 g/mol. The lowest BCUT2D eigenvalue weighted by atomic mass is 10.1. The number of hydrogen-bond donors (Lipinski definition) is 2. The number of aromatic nitrogens is 2. The first-order valence-electron chi connectivity index (χ1n) is 5.73. The van der Waals surface area contributed by atoms with Gasteiger partial charge in [-0.2, -0.15) is 5.10 Å². The fraction of sp³-hybridized carbons (Fsp3) is 0.250. The third kappa shape index (κ3) is 2.04. The van der Waals surface area contributed by atoms with Gasteiger partial charge >= 0.3 is 0 Å². The first-order valence-corrected chi connectivity index (χ1v) is 7.43. The van der Waals surface area contributed by atoms with Crippen molar-refractivity contribution in [3.8, 4) is 5.75 Å². The Morgan fingerprint density at radius 2 is 2.32 bits per heavy atom. The second-order valence-electron chi connectivity index (χ2n) is 4.12. The molecule has 0 aliphatic heterocycles. The summed E-state index contributed by atoms with van der Waals surface area (Å²) in [5, 5.41) is 6.32. The summed E-state index contributed by atoms with van der Waals surface area (Å²) in [5.74, 6) is 6.48. The van der Waals surface area contributed by atoms with Crippen LogP contribution in [0.25, 0.3) is 9.40 Å². The topological polar surface area (TPSA) is 65.1 Å². The molecule has 1 unspecified atom stereocenters. The molecule has 3 aromatic heterocycles. The maximum absolute atomic E-state index is 5.74. The number of nitrogens with one attached hydrogen (secondary N) is 1. The van der Waals surface area contributed by atoms with E-state index in [1.54, 1.807) is 40.7 Å². The molecule has 7 heteroatoms. The monoisotopic (exact) mass is 294 g/mol. The molecule has 3 rings (SSSR count). The normalized spacial score (nSPS) is 13.0. The minimum absolute atomic E-state index is 0.118. The van der Waals surface area contributed by atoms with Gasteiger partial charge in [-0.3, -0.25) is 10.5 Å². The minimum atomic E-state index is -0.118. The van der Waals surface area contributed by atoms with E-state index >= 15 is 0 Å². The summed E-state index contributed by atoms with van der Waals surface area (Å²) in [5.41, 5.74) is 3.79. The van der Waals surface area contributed by atoms with Crippen molar-refractivity contribution in [1.82, 2.24) is 15.2 Å². The van der Waals surface area contributed by atoms with Crippen LogP contribution in [0.5, 0.6) is 5.75 Å². The second kappa shape index (κ2) is 4.93. The SMILES string of the molecule is COc1cnn(C)c1C(NN)c1cc2sccc2s1. The molecule has 0 aliphatic rings. The van der Waals surface area contributed by atoms with Gasteiger partial charge in [0.15, 0.2) is 5.75 Å². The van der Waals surface area contributed by atoms with E-state index in [2.05, 4.69) is 28.0 Å². The van der Waals surface area contributed by atoms with Crippen LogP contribution in [0.4, 0.5) is 0 Å². The van der Waals surface area contributed by atoms with Gasteiger partial charge in [0, 0.05) is 21.3 Å². The van der Waals surface area contributed by atoms with Gasteiger partial charge in [0.25, 0.3) is 0 Å². The van der Waals surface area contributed by atoms with Crippen molar-refractivity contribution < 1.29 is 4.74 Å². The summed E-state index contributed by atoms with van der Waals surface area (Å²) in [7, 11) is 3.53. The van der Waals surface area contributed by atoms with Crippen molar-refractivity contribution in [2.24, 2.45) is 12.9 Å². The molecule has 3 heterocycles. The van der Waals surface area contributed by atoms with Crippen LogP contribution in [0, 0.1) is 0 Å². The van der Waals surface area contributed by atoms with E-state index in [-0.39, 0.29) is 6.04 Å². The van der Waals surface area contributed by atoms with Gasteiger partial charge in [-0.15, -0.1) is 22.7 Å². The van der Waals surface area contributed by atoms with Crippen LogP contribution >= 0.6 is 22.7 Å². The van der Waals surface area contributed by atoms with Crippen molar-refractivity contribution in [2.75, 3.05) is 7.11 Å². The Balaban J connectivity index is 2.09. The highest BCUT2D eigenvalue weighted by Crippen LogP contribution is 2.37. The molecule has 100 valence electrons. The third-order valence-corrected chi connectivity index (χ3v) is 5.21. The Morgan fingerprint density at radius 3 is 3.00 bits per heavy atom. The standard InChI is InChI=1S/C12H14N4OS2/c1-16-12(7(17-2)6-14-16)11(15-13)10-5-9-8(19-10)3-4-18-9/h3-6,11,15H,13H2,1-2H3. The summed E-state index contributed by atoms with van der Waals surface area (Å²) >= 11 is 3.47. The van der Waals surface area contributed by atoms with Crippen LogP contribution in [0.3, 0.4) is 0 Å². The first-order chi connectivity index (χ1) is 9.24. The van der Waals surface area contributed by atoms with Crippen molar-refractivity contribution in [1.29, 1.82) is 0 Å². The van der Waals surface area contributed by atoms with Gasteiger partial charge in [-0.25, -0.2) is 5.43 Å². The van der Waals surface area contributed by atoms with Crippen LogP contribution in [0.15, 0.2) is 23.7 Å². The van der Waals surface area contributed by atoms with Crippen molar-refractivity contribution in [3.63, 3.8) is 0 Å². The van der Waals surface area contributed by atoms with Crippen LogP contribution in [0.1, 0.15) is 16.6 Å². The fourth-order valence-corrected chi connectivity index (χ4v) is 4.32. The summed E-state index contributed by atoms with van der Waals surface area (Å²) in [6.07, 6.45) is 1.70. The van der Waals surface area contributed by atoms with E-state index in [9.17, 15) is 0 Å². The average molecular weight is 294 g/mol. The van der Waals surface area contributed by atoms with Gasteiger partial charge in [-0.1, -0.05) is 0 Å². The molecule has 3 aromatic rings. The largest absolute Gasteiger partial charge is 0.493 e. The van der Waals surface area contributed by atoms with Gasteiger partial charge in [-0.05, 0) is 17.5 Å². The molecule has 0 saturated heterocycles. The van der Waals surface area contributed by atoms with Crippen molar-refractivity contribution in [2.45, 2.75) is 6.04 Å². The Hall–Kier alpha value is -1.41. The maximum Gasteiger partial charge on any atom is 0.162 e. The number of hydrogen-bond acceptors (Lipinski definition) is 6. The second-order valence-corrected chi connectivity index (χ2v) is 6.18. The van der Waals surface area contributed by atoms with Gasteiger partial charge < -0.3 is 4.74 Å². The number of nitrogens with two attached hydrogens (primary N) is 1. The van der Waals surface area contributed by atoms with E-state index in [0.717, 1.165) is 16.3 Å². The molecule has 1 atom stereocenters. The van der Waals surface area contributed by atoms with Gasteiger partial charge in [0.2, 0.25) is 0 Å². The molecule has 19 heavy (non-hydrogen) atoms. The highest BCUT2D eigenvalue weighted by atomic mass is 32.1. The van der Waals surface area contributed by atoms with Crippen LogP contribution in [-0.2, 0) is 7.05 Å². The van der Waals surface area contributed by atoms with E-state index in [4.69, 9.17) is 10.6 Å². The molecule has 0 radical (unpaired) electrons. The molecule has 0 aromatic carbocycles. The molecule has 0 fully saturated rings. The average Bonchev–Trinajstić information content (AvgIpc) is 3.06. The van der Waals surface area contributed by atoms with Crippen molar-refractivity contribution >= 4 is 32.1 Å². The fourth-order valence-electron chi connectivity index (χ4n) is 2.14. The van der Waals surface area contributed by atoms with Crippen LogP contribution in [-0.4, -0.2) is 16.9 Å². The molecular formula is C12H14N4OS2. The number of nitrogens with zero attached hydrogens (tertiary/aromatic N) is 2. The van der Waals surface area contributed by atoms with Crippen LogP contribution < -0.4 is 16.0 Å². The number of hydrazine groups is 1. The molecule has 0 saturated carbocycles. The molecule has 0 spiro atoms. The quantitative estimate of drug-likeness (QED) is 0.572. The smallest absolute Gasteiger partial charge is 0.162 e. The summed E-state index contributed by atoms with van der Waals surface area (Å²) in [6, 6.07) is 4.18. The molecule has 0 bridgehead atoms. The van der Waals surface area contributed by atoms with E-state index < -0.39 is 0 Å². The number of methoxy groups -OCH3 is 1. The zero-order chi connectivity index (χ0) is 13.4. The molecule has 3 N–H and O–H groups in total. The lowest BCUT2D eigenvalue weighted by molar-refractivity contribution is 0.401. The summed E-state index contributed by atoms with van der Waals surface area (Å²) in [4.78, 5) is 1.16. The van der Waals surface area contributed by atoms with Crippen LogP contribution in [0.2, 0.25) is 0 Å². The zero-order valence-corrected chi connectivity index (χ0v) is 12.2. The molecule has 0 aliphatic carbocycles. The summed E-state index contributed by atoms with van der Waals surface area (Å²) in [6.45, 7) is 0.